The van der Waals surface area contributed by atoms with Crippen molar-refractivity contribution in [2.45, 2.75) is 37.3 Å². The first-order valence-electron chi connectivity index (χ1n) is 5.92. The molecule has 0 bridgehead atoms. The molecule has 0 N–H and O–H groups in total. The second-order valence-electron chi connectivity index (χ2n) is 4.47. The Kier molecular flexibility index (Phi) is 5.19. The Labute approximate surface area is 126 Å². The van der Waals surface area contributed by atoms with Crippen LogP contribution >= 0.6 is 39.1 Å². The van der Waals surface area contributed by atoms with Crippen LogP contribution in [0.4, 0.5) is 0 Å². The maximum Gasteiger partial charge on any atom is 0.142 e. The molecule has 1 aliphatic heterocycles. The molecule has 1 saturated heterocycles. The zero-order chi connectivity index (χ0) is 13.1. The smallest absolute Gasteiger partial charge is 0.142 e. The van der Waals surface area contributed by atoms with E-state index in [1.165, 1.54) is 0 Å². The molecule has 2 rings (SSSR count). The number of hydrogen-bond acceptors (Lipinski definition) is 2. The van der Waals surface area contributed by atoms with E-state index >= 15 is 0 Å². The summed E-state index contributed by atoms with van der Waals surface area (Å²) < 4.78 is 11.5. The molecule has 1 aromatic carbocycles. The van der Waals surface area contributed by atoms with Gasteiger partial charge in [-0.15, -0.1) is 0 Å². The van der Waals surface area contributed by atoms with Crippen molar-refractivity contribution in [1.29, 1.82) is 0 Å². The van der Waals surface area contributed by atoms with Gasteiger partial charge in [0.05, 0.1) is 17.2 Å². The highest BCUT2D eigenvalue weighted by atomic mass is 79.9. The molecule has 0 amide bonds. The summed E-state index contributed by atoms with van der Waals surface area (Å²) in [6, 6.07) is 3.55. The van der Waals surface area contributed by atoms with Gasteiger partial charge in [0, 0.05) is 15.9 Å². The molecule has 1 aromatic rings. The Balaban J connectivity index is 2.04. The summed E-state index contributed by atoms with van der Waals surface area (Å²) in [5.74, 6) is 0.695. The van der Waals surface area contributed by atoms with Crippen LogP contribution < -0.4 is 4.74 Å². The van der Waals surface area contributed by atoms with Crippen molar-refractivity contribution in [3.63, 3.8) is 0 Å². The average Bonchev–Trinajstić information content (AvgIpc) is 2.73. The Bertz CT molecular complexity index is 426. The van der Waals surface area contributed by atoms with Crippen LogP contribution in [0.25, 0.3) is 0 Å². The number of rotatable bonds is 4. The third kappa shape index (κ3) is 3.53. The fraction of sp³-hybridized carbons (Fsp3) is 0.538. The topological polar surface area (TPSA) is 18.5 Å². The van der Waals surface area contributed by atoms with Crippen LogP contribution in [0.2, 0.25) is 10.0 Å². The van der Waals surface area contributed by atoms with Gasteiger partial charge in [-0.25, -0.2) is 0 Å². The maximum absolute atomic E-state index is 6.16. The molecule has 18 heavy (non-hydrogen) atoms. The van der Waals surface area contributed by atoms with Gasteiger partial charge in [0.1, 0.15) is 12.4 Å². The normalized spacial score (nSPS) is 23.3. The van der Waals surface area contributed by atoms with E-state index in [9.17, 15) is 0 Å². The first kappa shape index (κ1) is 14.4. The molecule has 100 valence electrons. The largest absolute Gasteiger partial charge is 0.489 e. The van der Waals surface area contributed by atoms with E-state index in [1.807, 2.05) is 6.07 Å². The molecule has 5 heteroatoms. The fourth-order valence-corrected chi connectivity index (χ4v) is 3.07. The van der Waals surface area contributed by atoms with Crippen LogP contribution in [0.5, 0.6) is 5.75 Å². The molecule has 0 spiro atoms. The second-order valence-corrected chi connectivity index (χ2v) is 5.87. The van der Waals surface area contributed by atoms with Crippen molar-refractivity contribution in [1.82, 2.24) is 0 Å². The minimum atomic E-state index is 0.162. The summed E-state index contributed by atoms with van der Waals surface area (Å²) in [7, 11) is 0. The van der Waals surface area contributed by atoms with E-state index in [0.717, 1.165) is 18.4 Å². The van der Waals surface area contributed by atoms with Crippen molar-refractivity contribution in [2.75, 3.05) is 6.61 Å². The summed E-state index contributed by atoms with van der Waals surface area (Å²) >= 11 is 15.5. The number of ether oxygens (including phenoxy) is 2. The SMILES string of the molecule is CC1CCC(COc2c(Cl)cc(Cl)cc2CBr)O1. The average molecular weight is 354 g/mol. The highest BCUT2D eigenvalue weighted by Crippen LogP contribution is 2.34. The Morgan fingerprint density at radius 1 is 1.39 bits per heavy atom. The molecule has 0 aliphatic carbocycles. The summed E-state index contributed by atoms with van der Waals surface area (Å²) in [4.78, 5) is 0. The zero-order valence-electron chi connectivity index (χ0n) is 10.1. The molecule has 2 unspecified atom stereocenters. The lowest BCUT2D eigenvalue weighted by atomic mass is 10.2. The summed E-state index contributed by atoms with van der Waals surface area (Å²) in [5, 5.41) is 1.82. The van der Waals surface area contributed by atoms with E-state index in [1.54, 1.807) is 6.07 Å². The molecule has 0 aromatic heterocycles. The molecule has 0 saturated carbocycles. The maximum atomic E-state index is 6.16. The standard InChI is InChI=1S/C13H15BrCl2O2/c1-8-2-3-11(18-8)7-17-13-9(6-14)4-10(15)5-12(13)16/h4-5,8,11H,2-3,6-7H2,1H3. The summed E-state index contributed by atoms with van der Waals surface area (Å²) in [6.07, 6.45) is 2.62. The van der Waals surface area contributed by atoms with Gasteiger partial charge in [-0.2, -0.15) is 0 Å². The van der Waals surface area contributed by atoms with Gasteiger partial charge in [-0.05, 0) is 31.9 Å². The van der Waals surface area contributed by atoms with Gasteiger partial charge in [0.2, 0.25) is 0 Å². The number of benzene rings is 1. The lowest BCUT2D eigenvalue weighted by Crippen LogP contribution is -2.18. The van der Waals surface area contributed by atoms with E-state index in [-0.39, 0.29) is 6.10 Å². The third-order valence-corrected chi connectivity index (χ3v) is 4.07. The fourth-order valence-electron chi connectivity index (χ4n) is 2.06. The molecule has 1 fully saturated rings. The Hall–Kier alpha value is 0.0400. The molecular formula is C13H15BrCl2O2. The van der Waals surface area contributed by atoms with E-state index < -0.39 is 0 Å². The highest BCUT2D eigenvalue weighted by molar-refractivity contribution is 9.08. The van der Waals surface area contributed by atoms with Crippen molar-refractivity contribution < 1.29 is 9.47 Å². The zero-order valence-corrected chi connectivity index (χ0v) is 13.2. The molecular weight excluding hydrogens is 339 g/mol. The monoisotopic (exact) mass is 352 g/mol. The Morgan fingerprint density at radius 2 is 2.17 bits per heavy atom. The van der Waals surface area contributed by atoms with Crippen LogP contribution in [0.15, 0.2) is 12.1 Å². The predicted octanol–water partition coefficient (Wildman–Crippen LogP) is 4.83. The van der Waals surface area contributed by atoms with Crippen molar-refractivity contribution >= 4 is 39.1 Å². The van der Waals surface area contributed by atoms with Gasteiger partial charge >= 0.3 is 0 Å². The molecule has 1 aliphatic rings. The lowest BCUT2D eigenvalue weighted by molar-refractivity contribution is 0.0263. The molecule has 2 nitrogen and oxygen atoms in total. The quantitative estimate of drug-likeness (QED) is 0.721. The number of halogens is 3. The van der Waals surface area contributed by atoms with Crippen LogP contribution in [0.3, 0.4) is 0 Å². The first-order chi connectivity index (χ1) is 8.60. The van der Waals surface area contributed by atoms with Crippen molar-refractivity contribution in [3.05, 3.63) is 27.7 Å². The molecule has 1 heterocycles. The third-order valence-electron chi connectivity index (χ3n) is 2.96. The van der Waals surface area contributed by atoms with E-state index in [2.05, 4.69) is 22.9 Å². The van der Waals surface area contributed by atoms with Gasteiger partial charge in [0.25, 0.3) is 0 Å². The van der Waals surface area contributed by atoms with Crippen LogP contribution in [-0.4, -0.2) is 18.8 Å². The molecule has 2 atom stereocenters. The van der Waals surface area contributed by atoms with Crippen LogP contribution in [0.1, 0.15) is 25.3 Å². The van der Waals surface area contributed by atoms with Gasteiger partial charge in [0.15, 0.2) is 0 Å². The second kappa shape index (κ2) is 6.47. The highest BCUT2D eigenvalue weighted by Gasteiger charge is 2.23. The summed E-state index contributed by atoms with van der Waals surface area (Å²) in [6.45, 7) is 2.62. The van der Waals surface area contributed by atoms with Gasteiger partial charge in [-0.3, -0.25) is 0 Å². The van der Waals surface area contributed by atoms with Gasteiger partial charge < -0.3 is 9.47 Å². The van der Waals surface area contributed by atoms with E-state index in [4.69, 9.17) is 32.7 Å². The number of hydrogen-bond donors (Lipinski definition) is 0. The van der Waals surface area contributed by atoms with Crippen molar-refractivity contribution in [2.24, 2.45) is 0 Å². The minimum Gasteiger partial charge on any atom is -0.489 e. The van der Waals surface area contributed by atoms with Crippen LogP contribution in [-0.2, 0) is 10.1 Å². The summed E-state index contributed by atoms with van der Waals surface area (Å²) in [5.41, 5.74) is 0.957. The van der Waals surface area contributed by atoms with Gasteiger partial charge in [-0.1, -0.05) is 39.1 Å². The van der Waals surface area contributed by atoms with E-state index in [0.29, 0.717) is 33.8 Å². The number of alkyl halides is 1. The Morgan fingerprint density at radius 3 is 2.78 bits per heavy atom. The molecule has 0 radical (unpaired) electrons. The first-order valence-corrected chi connectivity index (χ1v) is 7.80. The van der Waals surface area contributed by atoms with Crippen LogP contribution in [0, 0.1) is 0 Å². The minimum absolute atomic E-state index is 0.162. The van der Waals surface area contributed by atoms with Crippen molar-refractivity contribution in [3.8, 4) is 5.75 Å². The predicted molar refractivity (Wildman–Crippen MR) is 78.2 cm³/mol. The lowest BCUT2D eigenvalue weighted by Gasteiger charge is -2.16.